The summed E-state index contributed by atoms with van der Waals surface area (Å²) in [6.45, 7) is -0.174. The zero-order valence-electron chi connectivity index (χ0n) is 11.2. The number of urea groups is 1. The molecule has 1 aromatic heterocycles. The molecule has 1 N–H and O–H groups in total. The molecule has 0 spiro atoms. The van der Waals surface area contributed by atoms with Crippen LogP contribution in [0.5, 0.6) is 0 Å². The number of hydrogen-bond acceptors (Lipinski definition) is 5. The molecule has 7 nitrogen and oxygen atoms in total. The summed E-state index contributed by atoms with van der Waals surface area (Å²) >= 11 is 0. The number of carbonyl (C=O) groups is 2. The Labute approximate surface area is 116 Å². The second-order valence-electron chi connectivity index (χ2n) is 4.38. The average Bonchev–Trinajstić information content (AvgIpc) is 2.89. The molecule has 104 valence electrons. The van der Waals surface area contributed by atoms with Crippen molar-refractivity contribution in [2.24, 2.45) is 4.99 Å². The van der Waals surface area contributed by atoms with E-state index in [-0.39, 0.29) is 17.1 Å². The number of nitrogens with zero attached hydrogens (tertiary/aromatic N) is 3. The summed E-state index contributed by atoms with van der Waals surface area (Å²) in [6, 6.07) is 3.29. The van der Waals surface area contributed by atoms with Gasteiger partial charge in [0.15, 0.2) is 0 Å². The lowest BCUT2D eigenvalue weighted by Crippen LogP contribution is -2.49. The van der Waals surface area contributed by atoms with Crippen molar-refractivity contribution in [2.75, 3.05) is 20.7 Å². The van der Waals surface area contributed by atoms with Gasteiger partial charge in [0.05, 0.1) is 14.2 Å². The minimum absolute atomic E-state index is 0.165. The van der Waals surface area contributed by atoms with Gasteiger partial charge in [0.1, 0.15) is 18.4 Å². The Balaban J connectivity index is 2.10. The van der Waals surface area contributed by atoms with Crippen LogP contribution in [0.2, 0.25) is 0 Å². The van der Waals surface area contributed by atoms with Gasteiger partial charge in [-0.25, -0.2) is 4.79 Å². The van der Waals surface area contributed by atoms with Crippen molar-refractivity contribution < 1.29 is 18.8 Å². The SMILES string of the molecule is COC(=O)CNC(=O)[N+]1(C)C=NC(c2cccnc2)=C1. The highest BCUT2D eigenvalue weighted by Crippen LogP contribution is 2.23. The van der Waals surface area contributed by atoms with Crippen molar-refractivity contribution in [3.8, 4) is 0 Å². The van der Waals surface area contributed by atoms with Crippen LogP contribution in [0.15, 0.2) is 35.7 Å². The molecule has 2 heterocycles. The molecule has 1 atom stereocenters. The van der Waals surface area contributed by atoms with E-state index in [4.69, 9.17) is 0 Å². The van der Waals surface area contributed by atoms with Crippen LogP contribution in [0.4, 0.5) is 4.79 Å². The van der Waals surface area contributed by atoms with E-state index < -0.39 is 5.97 Å². The lowest BCUT2D eigenvalue weighted by Gasteiger charge is -2.18. The predicted molar refractivity (Wildman–Crippen MR) is 72.3 cm³/mol. The summed E-state index contributed by atoms with van der Waals surface area (Å²) in [6.07, 6.45) is 6.52. The maximum atomic E-state index is 12.1. The van der Waals surface area contributed by atoms with E-state index in [9.17, 15) is 9.59 Å². The number of carbonyl (C=O) groups excluding carboxylic acids is 2. The van der Waals surface area contributed by atoms with Crippen LogP contribution in [0.3, 0.4) is 0 Å². The number of rotatable bonds is 3. The van der Waals surface area contributed by atoms with Gasteiger partial charge in [-0.1, -0.05) is 0 Å². The average molecular weight is 275 g/mol. The Hall–Kier alpha value is -2.54. The van der Waals surface area contributed by atoms with Gasteiger partial charge in [-0.15, -0.1) is 0 Å². The fraction of sp³-hybridized carbons (Fsp3) is 0.231. The number of methoxy groups -OCH3 is 1. The molecule has 2 amide bonds. The number of pyridine rings is 1. The van der Waals surface area contributed by atoms with Crippen LogP contribution in [0.25, 0.3) is 5.70 Å². The fourth-order valence-electron chi connectivity index (χ4n) is 1.67. The second-order valence-corrected chi connectivity index (χ2v) is 4.38. The third kappa shape index (κ3) is 2.89. The van der Waals surface area contributed by atoms with Gasteiger partial charge in [0, 0.05) is 18.0 Å². The van der Waals surface area contributed by atoms with Crippen LogP contribution >= 0.6 is 0 Å². The highest BCUT2D eigenvalue weighted by molar-refractivity contribution is 5.86. The van der Waals surface area contributed by atoms with Crippen LogP contribution in [-0.4, -0.2) is 48.5 Å². The van der Waals surface area contributed by atoms with Crippen molar-refractivity contribution in [2.45, 2.75) is 0 Å². The zero-order valence-corrected chi connectivity index (χ0v) is 11.2. The molecule has 1 aliphatic heterocycles. The maximum absolute atomic E-state index is 12.1. The van der Waals surface area contributed by atoms with E-state index in [2.05, 4.69) is 20.0 Å². The smallest absolute Gasteiger partial charge is 0.427 e. The number of ether oxygens (including phenoxy) is 1. The van der Waals surface area contributed by atoms with Gasteiger partial charge < -0.3 is 4.74 Å². The van der Waals surface area contributed by atoms with Crippen LogP contribution < -0.4 is 5.32 Å². The monoisotopic (exact) mass is 275 g/mol. The van der Waals surface area contributed by atoms with Crippen LogP contribution in [0.1, 0.15) is 5.56 Å². The largest absolute Gasteiger partial charge is 0.468 e. The highest BCUT2D eigenvalue weighted by Gasteiger charge is 2.34. The summed E-state index contributed by atoms with van der Waals surface area (Å²) < 4.78 is 4.30. The molecule has 7 heteroatoms. The summed E-state index contributed by atoms with van der Waals surface area (Å²) in [5.74, 6) is -0.502. The summed E-state index contributed by atoms with van der Waals surface area (Å²) in [5.41, 5.74) is 1.49. The van der Waals surface area contributed by atoms with Crippen molar-refractivity contribution in [3.63, 3.8) is 0 Å². The molecular weight excluding hydrogens is 260 g/mol. The fourth-order valence-corrected chi connectivity index (χ4v) is 1.67. The first-order valence-electron chi connectivity index (χ1n) is 5.95. The number of hydrogen-bond donors (Lipinski definition) is 1. The molecule has 0 radical (unpaired) electrons. The first kappa shape index (κ1) is 13.9. The lowest BCUT2D eigenvalue weighted by atomic mass is 10.2. The topological polar surface area (TPSA) is 80.6 Å². The Morgan fingerprint density at radius 3 is 2.90 bits per heavy atom. The third-order valence-corrected chi connectivity index (χ3v) is 2.83. The molecule has 0 bridgehead atoms. The molecule has 0 aliphatic carbocycles. The summed E-state index contributed by atoms with van der Waals surface area (Å²) in [4.78, 5) is 31.3. The number of amides is 2. The van der Waals surface area contributed by atoms with Crippen molar-refractivity contribution >= 4 is 24.0 Å². The van der Waals surface area contributed by atoms with Gasteiger partial charge in [-0.2, -0.15) is 9.48 Å². The summed E-state index contributed by atoms with van der Waals surface area (Å²) in [5, 5.41) is 2.50. The Morgan fingerprint density at radius 1 is 1.45 bits per heavy atom. The van der Waals surface area contributed by atoms with Gasteiger partial charge in [-0.3, -0.25) is 15.1 Å². The van der Waals surface area contributed by atoms with E-state index in [1.807, 2.05) is 6.07 Å². The van der Waals surface area contributed by atoms with E-state index in [0.717, 1.165) is 5.56 Å². The summed E-state index contributed by atoms with van der Waals surface area (Å²) in [7, 11) is 2.93. The number of esters is 1. The zero-order chi connectivity index (χ0) is 14.6. The molecule has 1 aromatic rings. The van der Waals surface area contributed by atoms with Crippen molar-refractivity contribution in [1.29, 1.82) is 0 Å². The molecular formula is C13H15N4O3+. The second kappa shape index (κ2) is 5.62. The molecule has 0 aromatic carbocycles. The quantitative estimate of drug-likeness (QED) is 0.652. The Morgan fingerprint density at radius 2 is 2.25 bits per heavy atom. The number of aromatic nitrogens is 1. The molecule has 1 aliphatic rings. The highest BCUT2D eigenvalue weighted by atomic mass is 16.5. The van der Waals surface area contributed by atoms with E-state index >= 15 is 0 Å². The predicted octanol–water partition coefficient (Wildman–Crippen LogP) is 0.751. The lowest BCUT2D eigenvalue weighted by molar-refractivity contribution is -0.664. The van der Waals surface area contributed by atoms with Gasteiger partial charge in [-0.05, 0) is 12.1 Å². The van der Waals surface area contributed by atoms with Crippen molar-refractivity contribution in [3.05, 3.63) is 36.3 Å². The van der Waals surface area contributed by atoms with Gasteiger partial charge in [0.2, 0.25) is 6.34 Å². The first-order chi connectivity index (χ1) is 9.55. The third-order valence-electron chi connectivity index (χ3n) is 2.83. The van der Waals surface area contributed by atoms with E-state index in [1.54, 1.807) is 31.7 Å². The standard InChI is InChI=1S/C13H14N4O3/c1-17(13(19)15-7-12(18)20-2)8-11(16-9-17)10-4-3-5-14-6-10/h3-6,8-9H,7H2,1-2H3/p+1. The number of aliphatic imine (C=N–C) groups is 1. The normalized spacial score (nSPS) is 20.4. The van der Waals surface area contributed by atoms with E-state index in [1.165, 1.54) is 13.4 Å². The van der Waals surface area contributed by atoms with Gasteiger partial charge >= 0.3 is 12.0 Å². The first-order valence-corrected chi connectivity index (χ1v) is 5.95. The Bertz CT molecular complexity index is 583. The maximum Gasteiger partial charge on any atom is 0.427 e. The molecule has 1 unspecified atom stereocenters. The molecule has 0 saturated carbocycles. The molecule has 2 rings (SSSR count). The molecule has 0 fully saturated rings. The minimum atomic E-state index is -0.502. The minimum Gasteiger partial charge on any atom is -0.468 e. The van der Waals surface area contributed by atoms with Crippen LogP contribution in [-0.2, 0) is 9.53 Å². The Kier molecular flexibility index (Phi) is 3.90. The molecule has 20 heavy (non-hydrogen) atoms. The molecule has 0 saturated heterocycles. The van der Waals surface area contributed by atoms with Crippen molar-refractivity contribution in [1.82, 2.24) is 10.3 Å². The number of quaternary nitrogens is 1. The van der Waals surface area contributed by atoms with E-state index in [0.29, 0.717) is 5.70 Å². The van der Waals surface area contributed by atoms with Crippen LogP contribution in [0, 0.1) is 0 Å². The van der Waals surface area contributed by atoms with Gasteiger partial charge in [0.25, 0.3) is 0 Å². The number of nitrogens with one attached hydrogen (secondary N) is 1.